The molecule has 2 N–H and O–H groups in total. The minimum absolute atomic E-state index is 0.342. The molecule has 0 amide bonds. The van der Waals surface area contributed by atoms with E-state index in [0.717, 1.165) is 17.1 Å². The molecule has 0 aliphatic carbocycles. The molecule has 0 aliphatic rings. The van der Waals surface area contributed by atoms with E-state index in [1.807, 2.05) is 31.2 Å². The van der Waals surface area contributed by atoms with Crippen molar-refractivity contribution in [3.63, 3.8) is 0 Å². The monoisotopic (exact) mass is 375 g/mol. The quantitative estimate of drug-likeness (QED) is 0.626. The summed E-state index contributed by atoms with van der Waals surface area (Å²) in [6.45, 7) is 2.58. The highest BCUT2D eigenvalue weighted by atomic mass is 35.5. The van der Waals surface area contributed by atoms with Gasteiger partial charge < -0.3 is 15.4 Å². The van der Waals surface area contributed by atoms with Gasteiger partial charge in [-0.05, 0) is 49.4 Å². The summed E-state index contributed by atoms with van der Waals surface area (Å²) in [5, 5.41) is 15.0. The molecule has 1 heterocycles. The van der Waals surface area contributed by atoms with Crippen LogP contribution in [0.1, 0.15) is 6.92 Å². The Morgan fingerprint density at radius 3 is 2.44 bits per heavy atom. The smallest absolute Gasteiger partial charge is 0.249 e. The summed E-state index contributed by atoms with van der Waals surface area (Å²) in [5.41, 5.74) is 1.58. The summed E-state index contributed by atoms with van der Waals surface area (Å²) in [6.07, 6.45) is 1.54. The Kier molecular flexibility index (Phi) is 5.53. The number of rotatable bonds is 6. The molecule has 8 heteroatoms. The number of nitrogens with zero attached hydrogens (tertiary/aromatic N) is 3. The first-order valence-electron chi connectivity index (χ1n) is 7.55. The Bertz CT molecular complexity index is 858. The molecule has 0 aliphatic heterocycles. The third-order valence-electron chi connectivity index (χ3n) is 3.17. The van der Waals surface area contributed by atoms with Gasteiger partial charge in [0.2, 0.25) is 5.95 Å². The Labute approximate surface area is 155 Å². The Hall–Kier alpha value is -2.57. The van der Waals surface area contributed by atoms with Crippen molar-refractivity contribution >= 4 is 46.3 Å². The van der Waals surface area contributed by atoms with Crippen molar-refractivity contribution in [2.75, 3.05) is 17.2 Å². The predicted molar refractivity (Wildman–Crippen MR) is 100 cm³/mol. The molecule has 0 saturated carbocycles. The average Bonchev–Trinajstić information content (AvgIpc) is 2.61. The van der Waals surface area contributed by atoms with Gasteiger partial charge in [0, 0.05) is 11.4 Å². The van der Waals surface area contributed by atoms with E-state index in [2.05, 4.69) is 25.8 Å². The van der Waals surface area contributed by atoms with E-state index in [-0.39, 0.29) is 0 Å². The second-order valence-corrected chi connectivity index (χ2v) is 5.82. The zero-order chi connectivity index (χ0) is 17.6. The standard InChI is InChI=1S/C17H15Cl2N5O/c1-2-25-13-6-3-11(4-7-13)21-16-10-20-24-17(23-16)22-12-5-8-14(18)15(19)9-12/h3-10H,2H2,1H3,(H2,21,22,23,24). The van der Waals surface area contributed by atoms with Crippen LogP contribution in [-0.2, 0) is 0 Å². The first-order chi connectivity index (χ1) is 12.1. The van der Waals surface area contributed by atoms with Crippen molar-refractivity contribution in [1.82, 2.24) is 15.2 Å². The molecule has 0 fully saturated rings. The van der Waals surface area contributed by atoms with E-state index in [1.165, 1.54) is 6.20 Å². The fourth-order valence-corrected chi connectivity index (χ4v) is 2.37. The minimum Gasteiger partial charge on any atom is -0.494 e. The van der Waals surface area contributed by atoms with Gasteiger partial charge in [0.15, 0.2) is 5.82 Å². The van der Waals surface area contributed by atoms with Gasteiger partial charge in [-0.1, -0.05) is 23.2 Å². The Morgan fingerprint density at radius 2 is 1.72 bits per heavy atom. The van der Waals surface area contributed by atoms with Gasteiger partial charge in [-0.2, -0.15) is 10.1 Å². The highest BCUT2D eigenvalue weighted by molar-refractivity contribution is 6.42. The Morgan fingerprint density at radius 1 is 0.960 bits per heavy atom. The highest BCUT2D eigenvalue weighted by Gasteiger charge is 2.04. The van der Waals surface area contributed by atoms with Crippen molar-refractivity contribution in [3.8, 4) is 5.75 Å². The number of hydrogen-bond donors (Lipinski definition) is 2. The molecule has 0 bridgehead atoms. The lowest BCUT2D eigenvalue weighted by atomic mass is 10.3. The lowest BCUT2D eigenvalue weighted by Gasteiger charge is -2.09. The second-order valence-electron chi connectivity index (χ2n) is 5.00. The number of ether oxygens (including phenoxy) is 1. The average molecular weight is 376 g/mol. The van der Waals surface area contributed by atoms with Crippen LogP contribution >= 0.6 is 23.2 Å². The van der Waals surface area contributed by atoms with Crippen LogP contribution in [0.15, 0.2) is 48.7 Å². The van der Waals surface area contributed by atoms with Crippen LogP contribution in [0.4, 0.5) is 23.1 Å². The zero-order valence-electron chi connectivity index (χ0n) is 13.3. The minimum atomic E-state index is 0.342. The molecule has 0 radical (unpaired) electrons. The second kappa shape index (κ2) is 8.00. The van der Waals surface area contributed by atoms with Crippen molar-refractivity contribution in [3.05, 3.63) is 58.7 Å². The number of hydrogen-bond acceptors (Lipinski definition) is 6. The maximum absolute atomic E-state index is 6.00. The number of nitrogens with one attached hydrogen (secondary N) is 2. The fraction of sp³-hybridized carbons (Fsp3) is 0.118. The molecule has 0 unspecified atom stereocenters. The zero-order valence-corrected chi connectivity index (χ0v) is 14.8. The van der Waals surface area contributed by atoms with Gasteiger partial charge in [-0.25, -0.2) is 0 Å². The van der Waals surface area contributed by atoms with Crippen LogP contribution in [-0.4, -0.2) is 21.8 Å². The lowest BCUT2D eigenvalue weighted by Crippen LogP contribution is -2.02. The van der Waals surface area contributed by atoms with Crippen LogP contribution in [0.3, 0.4) is 0 Å². The van der Waals surface area contributed by atoms with Gasteiger partial charge in [0.05, 0.1) is 22.8 Å². The Balaban J connectivity index is 1.71. The van der Waals surface area contributed by atoms with E-state index in [1.54, 1.807) is 18.2 Å². The van der Waals surface area contributed by atoms with Crippen LogP contribution in [0.25, 0.3) is 0 Å². The third-order valence-corrected chi connectivity index (χ3v) is 3.91. The summed E-state index contributed by atoms with van der Waals surface area (Å²) in [5.74, 6) is 1.71. The van der Waals surface area contributed by atoms with Crippen molar-refractivity contribution in [2.45, 2.75) is 6.92 Å². The number of anilines is 4. The number of benzene rings is 2. The molecule has 2 aromatic carbocycles. The van der Waals surface area contributed by atoms with Crippen LogP contribution in [0.2, 0.25) is 10.0 Å². The number of halogens is 2. The summed E-state index contributed by atoms with van der Waals surface area (Å²) in [6, 6.07) is 12.7. The third kappa shape index (κ3) is 4.71. The molecule has 0 spiro atoms. The normalized spacial score (nSPS) is 10.4. The molecule has 0 atom stereocenters. The predicted octanol–water partition coefficient (Wildman–Crippen LogP) is 5.06. The SMILES string of the molecule is CCOc1ccc(Nc2cnnc(Nc3ccc(Cl)c(Cl)c3)n2)cc1. The van der Waals surface area contributed by atoms with Gasteiger partial charge in [0.25, 0.3) is 0 Å². The van der Waals surface area contributed by atoms with Gasteiger partial charge in [0.1, 0.15) is 5.75 Å². The number of aromatic nitrogens is 3. The molecule has 3 aromatic rings. The van der Waals surface area contributed by atoms with Gasteiger partial charge in [-0.3, -0.25) is 0 Å². The van der Waals surface area contributed by atoms with E-state index in [4.69, 9.17) is 27.9 Å². The van der Waals surface area contributed by atoms with E-state index < -0.39 is 0 Å². The molecule has 1 aromatic heterocycles. The largest absolute Gasteiger partial charge is 0.494 e. The van der Waals surface area contributed by atoms with Crippen LogP contribution in [0, 0.1) is 0 Å². The van der Waals surface area contributed by atoms with Crippen molar-refractivity contribution in [1.29, 1.82) is 0 Å². The fourth-order valence-electron chi connectivity index (χ4n) is 2.07. The molecule has 3 rings (SSSR count). The molecule has 6 nitrogen and oxygen atoms in total. The van der Waals surface area contributed by atoms with Gasteiger partial charge in [-0.15, -0.1) is 5.10 Å². The van der Waals surface area contributed by atoms with Crippen molar-refractivity contribution in [2.24, 2.45) is 0 Å². The van der Waals surface area contributed by atoms with Crippen LogP contribution < -0.4 is 15.4 Å². The van der Waals surface area contributed by atoms with E-state index >= 15 is 0 Å². The maximum atomic E-state index is 6.00. The first-order valence-corrected chi connectivity index (χ1v) is 8.31. The summed E-state index contributed by atoms with van der Waals surface area (Å²) < 4.78 is 5.42. The maximum Gasteiger partial charge on any atom is 0.249 e. The van der Waals surface area contributed by atoms with Crippen molar-refractivity contribution < 1.29 is 4.74 Å². The summed E-state index contributed by atoms with van der Waals surface area (Å²) in [7, 11) is 0. The van der Waals surface area contributed by atoms with E-state index in [9.17, 15) is 0 Å². The molecule has 0 saturated heterocycles. The summed E-state index contributed by atoms with van der Waals surface area (Å²) >= 11 is 11.9. The summed E-state index contributed by atoms with van der Waals surface area (Å²) in [4.78, 5) is 4.37. The van der Waals surface area contributed by atoms with E-state index in [0.29, 0.717) is 28.4 Å². The molecule has 128 valence electrons. The molecule has 25 heavy (non-hydrogen) atoms. The van der Waals surface area contributed by atoms with Crippen LogP contribution in [0.5, 0.6) is 5.75 Å². The molecular formula is C17H15Cl2N5O. The molecular weight excluding hydrogens is 361 g/mol. The van der Waals surface area contributed by atoms with Gasteiger partial charge >= 0.3 is 0 Å². The topological polar surface area (TPSA) is 72.0 Å². The lowest BCUT2D eigenvalue weighted by molar-refractivity contribution is 0.340. The first kappa shape index (κ1) is 17.3. The highest BCUT2D eigenvalue weighted by Crippen LogP contribution is 2.26.